The summed E-state index contributed by atoms with van der Waals surface area (Å²) in [4.78, 5) is 17.4. The number of hydrogen-bond donors (Lipinski definition) is 1. The lowest BCUT2D eigenvalue weighted by molar-refractivity contribution is -0.138. The summed E-state index contributed by atoms with van der Waals surface area (Å²) in [5, 5.41) is 2.66. The number of nitrogens with one attached hydrogen (secondary N) is 1. The SMILES string of the molecule is CN(CC(=O)NCC(F)(F)F)Cc1nc2ccccc2s1. The Balaban J connectivity index is 1.86. The maximum atomic E-state index is 12.0. The lowest BCUT2D eigenvalue weighted by Gasteiger charge is -2.15. The van der Waals surface area contributed by atoms with Crippen LogP contribution < -0.4 is 5.32 Å². The van der Waals surface area contributed by atoms with Crippen molar-refractivity contribution >= 4 is 27.5 Å². The molecule has 8 heteroatoms. The third-order valence-corrected chi connectivity index (χ3v) is 3.66. The van der Waals surface area contributed by atoms with Gasteiger partial charge in [0.25, 0.3) is 0 Å². The van der Waals surface area contributed by atoms with Crippen LogP contribution in [-0.2, 0) is 11.3 Å². The standard InChI is InChI=1S/C13H14F3N3OS/c1-19(6-11(20)17-8-13(14,15)16)7-12-18-9-4-2-3-5-10(9)21-12/h2-5H,6-8H2,1H3,(H,17,20). The highest BCUT2D eigenvalue weighted by molar-refractivity contribution is 7.18. The average molecular weight is 317 g/mol. The fraction of sp³-hybridized carbons (Fsp3) is 0.385. The second kappa shape index (κ2) is 6.40. The van der Waals surface area contributed by atoms with Gasteiger partial charge in [-0.05, 0) is 19.2 Å². The first-order valence-corrected chi connectivity index (χ1v) is 7.01. The summed E-state index contributed by atoms with van der Waals surface area (Å²) in [6.07, 6.45) is -4.39. The summed E-state index contributed by atoms with van der Waals surface area (Å²) in [6.45, 7) is -0.994. The summed E-state index contributed by atoms with van der Waals surface area (Å²) in [7, 11) is 1.67. The van der Waals surface area contributed by atoms with Gasteiger partial charge in [-0.2, -0.15) is 13.2 Å². The Morgan fingerprint density at radius 2 is 2.10 bits per heavy atom. The van der Waals surface area contributed by atoms with Crippen LogP contribution >= 0.6 is 11.3 Å². The van der Waals surface area contributed by atoms with Gasteiger partial charge in [-0.15, -0.1) is 11.3 Å². The van der Waals surface area contributed by atoms with Crippen LogP contribution in [0.1, 0.15) is 5.01 Å². The number of thiazole rings is 1. The predicted molar refractivity (Wildman–Crippen MR) is 75.0 cm³/mol. The smallest absolute Gasteiger partial charge is 0.346 e. The molecule has 0 fully saturated rings. The van der Waals surface area contributed by atoms with Crippen molar-refractivity contribution in [2.45, 2.75) is 12.7 Å². The first kappa shape index (κ1) is 15.7. The Kier molecular flexibility index (Phi) is 4.79. The van der Waals surface area contributed by atoms with Gasteiger partial charge in [-0.25, -0.2) is 4.98 Å². The number of fused-ring (bicyclic) bond motifs is 1. The lowest BCUT2D eigenvalue weighted by atomic mass is 10.3. The normalized spacial score (nSPS) is 12.0. The van der Waals surface area contributed by atoms with E-state index in [0.717, 1.165) is 15.2 Å². The number of carbonyl (C=O) groups excluding carboxylic acids is 1. The number of alkyl halides is 3. The number of hydrogen-bond acceptors (Lipinski definition) is 4. The molecule has 21 heavy (non-hydrogen) atoms. The molecule has 0 aliphatic carbocycles. The summed E-state index contributed by atoms with van der Waals surface area (Å²) in [5.74, 6) is -0.657. The van der Waals surface area contributed by atoms with E-state index in [1.807, 2.05) is 29.6 Å². The molecule has 0 saturated carbocycles. The number of carbonyl (C=O) groups is 1. The third-order valence-electron chi connectivity index (χ3n) is 2.64. The molecule has 0 bridgehead atoms. The topological polar surface area (TPSA) is 45.2 Å². The monoisotopic (exact) mass is 317 g/mol. The van der Waals surface area contributed by atoms with E-state index in [-0.39, 0.29) is 6.54 Å². The van der Waals surface area contributed by atoms with Gasteiger partial charge in [0.2, 0.25) is 5.91 Å². The van der Waals surface area contributed by atoms with Crippen molar-refractivity contribution in [2.24, 2.45) is 0 Å². The van der Waals surface area contributed by atoms with E-state index in [2.05, 4.69) is 4.98 Å². The van der Waals surface area contributed by atoms with Crippen molar-refractivity contribution in [3.63, 3.8) is 0 Å². The molecule has 2 aromatic rings. The van der Waals surface area contributed by atoms with Gasteiger partial charge in [0.15, 0.2) is 0 Å². The van der Waals surface area contributed by atoms with Crippen LogP contribution in [0, 0.1) is 0 Å². The summed E-state index contributed by atoms with van der Waals surface area (Å²) in [5.41, 5.74) is 0.882. The lowest BCUT2D eigenvalue weighted by Crippen LogP contribution is -2.39. The van der Waals surface area contributed by atoms with Crippen molar-refractivity contribution in [3.05, 3.63) is 29.3 Å². The van der Waals surface area contributed by atoms with Gasteiger partial charge in [0.05, 0.1) is 23.3 Å². The maximum absolute atomic E-state index is 12.0. The van der Waals surface area contributed by atoms with Crippen LogP contribution in [0.4, 0.5) is 13.2 Å². The van der Waals surface area contributed by atoms with Crippen molar-refractivity contribution in [3.8, 4) is 0 Å². The average Bonchev–Trinajstić information content (AvgIpc) is 2.77. The third kappa shape index (κ3) is 4.98. The minimum absolute atomic E-state index is 0.105. The Hall–Kier alpha value is -1.67. The molecule has 1 N–H and O–H groups in total. The predicted octanol–water partition coefficient (Wildman–Crippen LogP) is 2.41. The van der Waals surface area contributed by atoms with Crippen LogP contribution in [0.15, 0.2) is 24.3 Å². The zero-order valence-corrected chi connectivity index (χ0v) is 12.1. The molecule has 4 nitrogen and oxygen atoms in total. The molecular formula is C13H14F3N3OS. The highest BCUT2D eigenvalue weighted by Gasteiger charge is 2.27. The van der Waals surface area contributed by atoms with Crippen molar-refractivity contribution in [1.29, 1.82) is 0 Å². The molecule has 0 atom stereocenters. The number of para-hydroxylation sites is 1. The fourth-order valence-corrected chi connectivity index (χ4v) is 2.82. The van der Waals surface area contributed by atoms with E-state index >= 15 is 0 Å². The number of amides is 1. The molecule has 0 unspecified atom stereocenters. The number of likely N-dealkylation sites (N-methyl/N-ethyl adjacent to an activating group) is 1. The second-order valence-electron chi connectivity index (χ2n) is 4.64. The number of benzene rings is 1. The fourth-order valence-electron chi connectivity index (χ4n) is 1.77. The van der Waals surface area contributed by atoms with Crippen molar-refractivity contribution in [2.75, 3.05) is 20.1 Å². The highest BCUT2D eigenvalue weighted by Crippen LogP contribution is 2.22. The van der Waals surface area contributed by atoms with E-state index in [4.69, 9.17) is 0 Å². The summed E-state index contributed by atoms with van der Waals surface area (Å²) in [6, 6.07) is 7.65. The van der Waals surface area contributed by atoms with E-state index < -0.39 is 18.6 Å². The summed E-state index contributed by atoms with van der Waals surface area (Å²) >= 11 is 1.51. The van der Waals surface area contributed by atoms with Crippen molar-refractivity contribution < 1.29 is 18.0 Å². The maximum Gasteiger partial charge on any atom is 0.405 e. The molecule has 114 valence electrons. The van der Waals surface area contributed by atoms with E-state index in [1.165, 1.54) is 11.3 Å². The molecule has 0 spiro atoms. The van der Waals surface area contributed by atoms with Gasteiger partial charge < -0.3 is 5.32 Å². The molecule has 0 radical (unpaired) electrons. The van der Waals surface area contributed by atoms with Crippen molar-refractivity contribution in [1.82, 2.24) is 15.2 Å². The van der Waals surface area contributed by atoms with E-state index in [1.54, 1.807) is 11.9 Å². The second-order valence-corrected chi connectivity index (χ2v) is 5.75. The molecule has 2 rings (SSSR count). The minimum Gasteiger partial charge on any atom is -0.346 e. The zero-order valence-electron chi connectivity index (χ0n) is 11.3. The van der Waals surface area contributed by atoms with Crippen LogP contribution in [0.3, 0.4) is 0 Å². The molecule has 0 aliphatic rings. The van der Waals surface area contributed by atoms with Crippen LogP contribution in [0.5, 0.6) is 0 Å². The number of halogens is 3. The molecular weight excluding hydrogens is 303 g/mol. The Morgan fingerprint density at radius 1 is 1.38 bits per heavy atom. The van der Waals surface area contributed by atoms with Gasteiger partial charge in [-0.3, -0.25) is 9.69 Å². The molecule has 1 amide bonds. The quantitative estimate of drug-likeness (QED) is 0.921. The number of aromatic nitrogens is 1. The highest BCUT2D eigenvalue weighted by atomic mass is 32.1. The molecule has 0 aliphatic heterocycles. The van der Waals surface area contributed by atoms with Gasteiger partial charge in [0.1, 0.15) is 11.6 Å². The largest absolute Gasteiger partial charge is 0.405 e. The molecule has 1 aromatic carbocycles. The van der Waals surface area contributed by atoms with Crippen LogP contribution in [-0.4, -0.2) is 42.1 Å². The summed E-state index contributed by atoms with van der Waals surface area (Å²) < 4.78 is 37.0. The molecule has 1 heterocycles. The van der Waals surface area contributed by atoms with E-state index in [9.17, 15) is 18.0 Å². The molecule has 1 aromatic heterocycles. The minimum atomic E-state index is -4.39. The number of nitrogens with zero attached hydrogens (tertiary/aromatic N) is 2. The number of rotatable bonds is 5. The first-order chi connectivity index (χ1) is 9.83. The van der Waals surface area contributed by atoms with Gasteiger partial charge in [-0.1, -0.05) is 12.1 Å². The zero-order chi connectivity index (χ0) is 15.5. The van der Waals surface area contributed by atoms with E-state index in [0.29, 0.717) is 6.54 Å². The Bertz CT molecular complexity index is 593. The first-order valence-electron chi connectivity index (χ1n) is 6.20. The molecule has 0 saturated heterocycles. The van der Waals surface area contributed by atoms with Crippen LogP contribution in [0.2, 0.25) is 0 Å². The van der Waals surface area contributed by atoms with Gasteiger partial charge >= 0.3 is 6.18 Å². The van der Waals surface area contributed by atoms with Gasteiger partial charge in [0, 0.05) is 0 Å². The van der Waals surface area contributed by atoms with Crippen LogP contribution in [0.25, 0.3) is 10.2 Å². The Labute approximate surface area is 123 Å². The Morgan fingerprint density at radius 3 is 2.76 bits per heavy atom.